The molecule has 0 amide bonds. The molecule has 2 aromatic rings. The summed E-state index contributed by atoms with van der Waals surface area (Å²) in [6.07, 6.45) is -1.16. The smallest absolute Gasteiger partial charge is 0.390 e. The Hall–Kier alpha value is -16.7. The number of aliphatic hydroxyl groups is 1. The molecule has 0 spiro atoms. The van der Waals surface area contributed by atoms with Crippen LogP contribution in [0.2, 0.25) is 0 Å². The molecule has 2 unspecified atom stereocenters. The number of benzene rings is 2. The monoisotopic (exact) mass is 1370 g/mol. The van der Waals surface area contributed by atoms with Crippen molar-refractivity contribution in [3.8, 4) is 356 Å². The number of alkyl halides is 9. The maximum Gasteiger partial charge on any atom is 0.523 e. The number of nitro benzene ring substituents is 2. The molecule has 2 atom stereocenters. The van der Waals surface area contributed by atoms with Gasteiger partial charge in [0, 0.05) is 166 Å². The molecule has 0 heterocycles. The van der Waals surface area contributed by atoms with Gasteiger partial charge in [-0.3, -0.25) is 24.4 Å². The highest BCUT2D eigenvalue weighted by molar-refractivity contribution is 7.87. The highest BCUT2D eigenvalue weighted by atomic mass is 32.2. The Morgan fingerprint density at radius 3 is 0.755 bits per heavy atom. The maximum absolute atomic E-state index is 13.7. The summed E-state index contributed by atoms with van der Waals surface area (Å²) in [5.41, 5.74) is -8.61. The molecule has 0 bridgehead atoms. The number of halogens is 9. The number of nitrogens with zero attached hydrogens (tertiary/aromatic N) is 2. The van der Waals surface area contributed by atoms with Gasteiger partial charge in [-0.05, 0) is 221 Å². The van der Waals surface area contributed by atoms with E-state index in [1.165, 1.54) is 0 Å². The molecule has 2 aromatic carbocycles. The Morgan fingerprint density at radius 1 is 0.382 bits per heavy atom. The first kappa shape index (κ1) is 87.3. The molecule has 10 nitrogen and oxygen atoms in total. The fourth-order valence-corrected chi connectivity index (χ4v) is 4.72. The van der Waals surface area contributed by atoms with Crippen LogP contribution < -0.4 is 0 Å². The van der Waals surface area contributed by atoms with Crippen LogP contribution >= 0.6 is 0 Å². The first-order valence-corrected chi connectivity index (χ1v) is 27.2. The van der Waals surface area contributed by atoms with Gasteiger partial charge in [-0.2, -0.15) is 21.6 Å². The Morgan fingerprint density at radius 2 is 0.578 bits per heavy atom. The summed E-state index contributed by atoms with van der Waals surface area (Å²) < 4.78 is 139. The summed E-state index contributed by atoms with van der Waals surface area (Å²) in [6.45, 7) is 1.00. The molecule has 0 aromatic heterocycles. The van der Waals surface area contributed by atoms with Gasteiger partial charge in [0.2, 0.25) is 0 Å². The summed E-state index contributed by atoms with van der Waals surface area (Å²) >= 11 is 0. The number of hydrogen-bond donors (Lipinski definition) is 1. The largest absolute Gasteiger partial charge is 0.523 e. The Balaban J connectivity index is 0. The van der Waals surface area contributed by atoms with Crippen molar-refractivity contribution < 1.29 is 67.1 Å². The molecule has 0 saturated heterocycles. The number of terminal acetylenes is 1. The first-order valence-electron chi connectivity index (χ1n) is 25.8. The van der Waals surface area contributed by atoms with Crippen molar-refractivity contribution in [2.24, 2.45) is 0 Å². The predicted molar refractivity (Wildman–Crippen MR) is 363 cm³/mol. The number of aliphatic hydroxyl groups excluding tert-OH is 1. The fourth-order valence-electron chi connectivity index (χ4n) is 4.27. The zero-order valence-electron chi connectivity index (χ0n) is 51.8. The van der Waals surface area contributed by atoms with Crippen molar-refractivity contribution in [1.29, 1.82) is 0 Å². The maximum atomic E-state index is 13.7. The molecular weight excluding hydrogens is 1340 g/mol. The topological polar surface area (TPSA) is 150 Å². The average molecular weight is 1370 g/mol. The Kier molecular flexibility index (Phi) is 48.8. The molecule has 102 heavy (non-hydrogen) atoms. The number of non-ortho nitro benzene ring substituents is 2. The number of hydrogen-bond acceptors (Lipinski definition) is 8. The van der Waals surface area contributed by atoms with Crippen LogP contribution in [-0.2, 0) is 14.3 Å². The quantitative estimate of drug-likeness (QED) is 0.0662. The van der Waals surface area contributed by atoms with Gasteiger partial charge in [0.05, 0.1) is 9.85 Å². The number of nitro groups is 2. The SMILES string of the molecule is C#CC#CC#CC#CC#CC#CC#CC#CC#CC#CC#CC#CC#CC#CC#CC.CC#CC#CC#CC#CC#CC#CC#CC#CC#CC#CC#CC#CC#CC#CC#CC.O=[N+]([O-])c1cccc(C(F)C(F)(F)CO)c1.O=[N+]([O-])c1cccc(C(F)C(F)(F)COS(=O)(=O)C(F)(F)F)c1. The van der Waals surface area contributed by atoms with Gasteiger partial charge in [-0.15, -0.1) is 6.42 Å². The molecule has 2 rings (SSSR count). The summed E-state index contributed by atoms with van der Waals surface area (Å²) in [6, 6.07) is 6.80. The van der Waals surface area contributed by atoms with Crippen LogP contribution in [0.5, 0.6) is 0 Å². The van der Waals surface area contributed by atoms with Gasteiger partial charge in [-0.25, -0.2) is 26.3 Å². The predicted octanol–water partition coefficient (Wildman–Crippen LogP) is 7.10. The van der Waals surface area contributed by atoms with Crippen molar-refractivity contribution >= 4 is 21.5 Å². The summed E-state index contributed by atoms with van der Waals surface area (Å²) in [7, 11) is -6.32. The molecule has 1 N–H and O–H groups in total. The van der Waals surface area contributed by atoms with Crippen molar-refractivity contribution in [3.63, 3.8) is 0 Å². The van der Waals surface area contributed by atoms with Gasteiger partial charge in [0.1, 0.15) is 13.2 Å². The van der Waals surface area contributed by atoms with Crippen LogP contribution in [0.3, 0.4) is 0 Å². The van der Waals surface area contributed by atoms with E-state index < -0.39 is 85.4 Å². The third-order valence-electron chi connectivity index (χ3n) is 8.15. The fraction of sp³-hybridized carbons (Fsp3) is 0.122. The van der Waals surface area contributed by atoms with E-state index in [-0.39, 0.29) is 0 Å². The third-order valence-corrected chi connectivity index (χ3v) is 9.14. The minimum atomic E-state index is -6.32. The summed E-state index contributed by atoms with van der Waals surface area (Å²) in [4.78, 5) is 19.0. The lowest BCUT2D eigenvalue weighted by molar-refractivity contribution is -0.385. The molecule has 0 aliphatic rings. The molecule has 20 heteroatoms. The first-order chi connectivity index (χ1) is 49.0. The van der Waals surface area contributed by atoms with Gasteiger partial charge in [0.25, 0.3) is 11.4 Å². The minimum Gasteiger partial charge on any atom is -0.390 e. The second-order valence-corrected chi connectivity index (χ2v) is 16.6. The average Bonchev–Trinajstić information content (AvgIpc) is 0.822. The lowest BCUT2D eigenvalue weighted by Gasteiger charge is -2.20. The van der Waals surface area contributed by atoms with Crippen molar-refractivity contribution in [2.45, 2.75) is 50.5 Å². The normalized spacial score (nSPS) is 7.80. The highest BCUT2D eigenvalue weighted by Gasteiger charge is 2.51. The van der Waals surface area contributed by atoms with Gasteiger partial charge < -0.3 is 5.11 Å². The van der Waals surface area contributed by atoms with Crippen molar-refractivity contribution in [1.82, 2.24) is 0 Å². The zero-order chi connectivity index (χ0) is 76.1. The van der Waals surface area contributed by atoms with Crippen LogP contribution in [0.1, 0.15) is 44.2 Å². The third kappa shape index (κ3) is 49.0. The van der Waals surface area contributed by atoms with E-state index in [9.17, 15) is 68.2 Å². The van der Waals surface area contributed by atoms with Gasteiger partial charge in [-0.1, -0.05) is 42.0 Å². The molecule has 480 valence electrons. The van der Waals surface area contributed by atoms with E-state index in [4.69, 9.17) is 11.5 Å². The summed E-state index contributed by atoms with van der Waals surface area (Å²) in [5.74, 6) is 139. The van der Waals surface area contributed by atoms with E-state index in [1.807, 2.05) is 0 Å². The molecular formula is C82H25F9N2O8S. The Labute approximate surface area is 585 Å². The highest BCUT2D eigenvalue weighted by Crippen LogP contribution is 2.38. The second kappa shape index (κ2) is 57.0. The van der Waals surface area contributed by atoms with E-state index in [1.54, 1.807) is 20.8 Å². The van der Waals surface area contributed by atoms with E-state index >= 15 is 0 Å². The van der Waals surface area contributed by atoms with E-state index in [2.05, 4.69) is 353 Å². The second-order valence-electron chi connectivity index (χ2n) is 15.0. The van der Waals surface area contributed by atoms with Crippen molar-refractivity contribution in [3.05, 3.63) is 79.9 Å². The van der Waals surface area contributed by atoms with Crippen molar-refractivity contribution in [2.75, 3.05) is 13.2 Å². The van der Waals surface area contributed by atoms with Crippen LogP contribution in [-0.4, -0.2) is 53.9 Å². The molecule has 0 fully saturated rings. The van der Waals surface area contributed by atoms with Gasteiger partial charge >= 0.3 is 27.5 Å². The van der Waals surface area contributed by atoms with Crippen LogP contribution in [0.15, 0.2) is 48.5 Å². The Bertz CT molecular complexity index is 5670. The summed E-state index contributed by atoms with van der Waals surface area (Å²) in [5, 5.41) is 29.1. The lowest BCUT2D eigenvalue weighted by Crippen LogP contribution is -2.34. The van der Waals surface area contributed by atoms with Crippen LogP contribution in [0.4, 0.5) is 50.9 Å². The van der Waals surface area contributed by atoms with Crippen LogP contribution in [0, 0.1) is 376 Å². The van der Waals surface area contributed by atoms with E-state index in [0.717, 1.165) is 36.4 Å². The molecule has 0 saturated carbocycles. The van der Waals surface area contributed by atoms with Crippen LogP contribution in [0.25, 0.3) is 0 Å². The van der Waals surface area contributed by atoms with E-state index in [0.29, 0.717) is 12.1 Å². The molecule has 0 radical (unpaired) electrons. The van der Waals surface area contributed by atoms with Gasteiger partial charge in [0.15, 0.2) is 12.3 Å². The minimum absolute atomic E-state index is 0.441. The molecule has 0 aliphatic carbocycles. The lowest BCUT2D eigenvalue weighted by atomic mass is 10.0. The molecule has 0 aliphatic heterocycles. The zero-order valence-corrected chi connectivity index (χ0v) is 52.6. The number of rotatable bonds is 10. The standard InChI is InChI=1S/C32H6.C31H4.C10H7F6NO5S.C9H8F3NO3/c1-3-5-7-9-11-13-15-17-19-21-23-25-27-29-31-32-30-28-26-24-22-20-18-16-14-12-10-8-6-4-2;1-3-5-7-9-11-13-15-17-19-21-23-25-27-29-31-30-28-26-24-22-20-18-16-14-12-10-8-6-4-2;11-8(6-2-1-3-7(4-6)17(18)19)9(12,13)5-22-23(20,21)10(14,15)16;10-8(9(11,12)5-14)6-2-1-3-7(4-6)13(15)16/h1-2H3;1H,2H3;1-4,8H,5H2;1-4,8,14H,5H2.